The highest BCUT2D eigenvalue weighted by atomic mass is 16.5. The first-order valence-corrected chi connectivity index (χ1v) is 9.42. The van der Waals surface area contributed by atoms with Gasteiger partial charge in [0.15, 0.2) is 18.2 Å². The number of ketones is 2. The number of nitrogens with one attached hydrogen (secondary N) is 1. The van der Waals surface area contributed by atoms with Crippen molar-refractivity contribution in [3.63, 3.8) is 0 Å². The number of para-hydroxylation sites is 1. The lowest BCUT2D eigenvalue weighted by Gasteiger charge is -2.18. The van der Waals surface area contributed by atoms with Crippen LogP contribution in [0.1, 0.15) is 42.2 Å². The van der Waals surface area contributed by atoms with E-state index in [0.717, 1.165) is 0 Å². The van der Waals surface area contributed by atoms with Gasteiger partial charge in [-0.2, -0.15) is 0 Å². The SMILES string of the molecule is COc1ccccc1C(=O)OCC(=O)Nc1ccc2c(c1)C(=O)c1ccccc1C2=O. The summed E-state index contributed by atoms with van der Waals surface area (Å²) in [4.78, 5) is 49.9. The molecular formula is C24H17NO6. The molecule has 0 aliphatic heterocycles. The Morgan fingerprint density at radius 2 is 1.42 bits per heavy atom. The molecule has 0 fully saturated rings. The second-order valence-corrected chi connectivity index (χ2v) is 6.79. The van der Waals surface area contributed by atoms with Crippen molar-refractivity contribution in [1.29, 1.82) is 0 Å². The van der Waals surface area contributed by atoms with Crippen LogP contribution < -0.4 is 10.1 Å². The standard InChI is InChI=1S/C24H17NO6/c1-30-20-9-5-4-8-18(20)24(29)31-13-21(26)25-14-10-11-17-19(12-14)23(28)16-7-3-2-6-15(16)22(17)27/h2-12H,13H2,1H3,(H,25,26). The van der Waals surface area contributed by atoms with Crippen molar-refractivity contribution in [2.75, 3.05) is 19.0 Å². The normalized spacial score (nSPS) is 11.9. The Labute approximate surface area is 177 Å². The van der Waals surface area contributed by atoms with Gasteiger partial charge in [0.05, 0.1) is 7.11 Å². The lowest BCUT2D eigenvalue weighted by atomic mass is 9.84. The predicted octanol–water partition coefficient (Wildman–Crippen LogP) is 3.27. The molecule has 0 bridgehead atoms. The van der Waals surface area contributed by atoms with Gasteiger partial charge in [-0.3, -0.25) is 14.4 Å². The third-order valence-electron chi connectivity index (χ3n) is 4.87. The number of amides is 1. The first kappa shape index (κ1) is 20.0. The second-order valence-electron chi connectivity index (χ2n) is 6.79. The second kappa shape index (κ2) is 8.23. The minimum absolute atomic E-state index is 0.203. The van der Waals surface area contributed by atoms with Crippen LogP contribution in [0, 0.1) is 0 Å². The maximum absolute atomic E-state index is 12.8. The van der Waals surface area contributed by atoms with Gasteiger partial charge < -0.3 is 14.8 Å². The van der Waals surface area contributed by atoms with Gasteiger partial charge in [-0.1, -0.05) is 36.4 Å². The molecule has 0 saturated carbocycles. The molecule has 31 heavy (non-hydrogen) atoms. The number of esters is 1. The molecule has 1 amide bonds. The van der Waals surface area contributed by atoms with Crippen LogP contribution in [0.5, 0.6) is 5.75 Å². The average Bonchev–Trinajstić information content (AvgIpc) is 2.81. The summed E-state index contributed by atoms with van der Waals surface area (Å²) in [5.41, 5.74) is 1.71. The van der Waals surface area contributed by atoms with Crippen LogP contribution in [0.15, 0.2) is 66.7 Å². The van der Waals surface area contributed by atoms with E-state index >= 15 is 0 Å². The van der Waals surface area contributed by atoms with Crippen LogP contribution in [0.3, 0.4) is 0 Å². The van der Waals surface area contributed by atoms with Gasteiger partial charge in [-0.05, 0) is 30.3 Å². The highest BCUT2D eigenvalue weighted by Crippen LogP contribution is 2.29. The maximum atomic E-state index is 12.8. The molecular weight excluding hydrogens is 398 g/mol. The van der Waals surface area contributed by atoms with Crippen molar-refractivity contribution in [3.8, 4) is 5.75 Å². The van der Waals surface area contributed by atoms with E-state index < -0.39 is 18.5 Å². The van der Waals surface area contributed by atoms with Crippen LogP contribution in [0.25, 0.3) is 0 Å². The molecule has 0 saturated heterocycles. The molecule has 1 aliphatic carbocycles. The maximum Gasteiger partial charge on any atom is 0.342 e. The molecule has 1 N–H and O–H groups in total. The van der Waals surface area contributed by atoms with Gasteiger partial charge in [-0.25, -0.2) is 4.79 Å². The van der Waals surface area contributed by atoms with Crippen LogP contribution in [0.4, 0.5) is 5.69 Å². The van der Waals surface area contributed by atoms with Gasteiger partial charge in [0.1, 0.15) is 11.3 Å². The van der Waals surface area contributed by atoms with Gasteiger partial charge in [0.25, 0.3) is 5.91 Å². The molecule has 0 atom stereocenters. The number of methoxy groups -OCH3 is 1. The Morgan fingerprint density at radius 3 is 2.13 bits per heavy atom. The minimum atomic E-state index is -0.699. The van der Waals surface area contributed by atoms with Crippen LogP contribution in [-0.2, 0) is 9.53 Å². The summed E-state index contributed by atoms with van der Waals surface area (Å²) < 4.78 is 10.2. The zero-order valence-corrected chi connectivity index (χ0v) is 16.5. The Hall–Kier alpha value is -4.26. The largest absolute Gasteiger partial charge is 0.496 e. The summed E-state index contributed by atoms with van der Waals surface area (Å²) in [6.45, 7) is -0.524. The number of ether oxygens (including phenoxy) is 2. The number of carbonyl (C=O) groups excluding carboxylic acids is 4. The molecule has 0 spiro atoms. The number of anilines is 1. The quantitative estimate of drug-likeness (QED) is 0.503. The third kappa shape index (κ3) is 3.81. The van der Waals surface area contributed by atoms with E-state index in [2.05, 4.69) is 5.32 Å². The summed E-state index contributed by atoms with van der Waals surface area (Å²) in [6, 6.07) is 17.6. The molecule has 3 aromatic carbocycles. The third-order valence-corrected chi connectivity index (χ3v) is 4.87. The molecule has 1 aliphatic rings. The van der Waals surface area contributed by atoms with Gasteiger partial charge in [0, 0.05) is 27.9 Å². The first-order valence-electron chi connectivity index (χ1n) is 9.42. The Morgan fingerprint density at radius 1 is 0.806 bits per heavy atom. The predicted molar refractivity (Wildman–Crippen MR) is 112 cm³/mol. The van der Waals surface area contributed by atoms with Gasteiger partial charge in [0.2, 0.25) is 0 Å². The fraction of sp³-hybridized carbons (Fsp3) is 0.0833. The van der Waals surface area contributed by atoms with E-state index in [-0.39, 0.29) is 28.3 Å². The van der Waals surface area contributed by atoms with Gasteiger partial charge in [-0.15, -0.1) is 0 Å². The van der Waals surface area contributed by atoms with E-state index in [1.165, 1.54) is 31.4 Å². The number of fused-ring (bicyclic) bond motifs is 2. The Kier molecular flexibility index (Phi) is 5.32. The molecule has 7 heteroatoms. The molecule has 154 valence electrons. The monoisotopic (exact) mass is 415 g/mol. The number of carbonyl (C=O) groups is 4. The number of benzene rings is 3. The molecule has 0 unspecified atom stereocenters. The first-order chi connectivity index (χ1) is 15.0. The van der Waals surface area contributed by atoms with Crippen molar-refractivity contribution in [2.45, 2.75) is 0 Å². The number of hydrogen-bond donors (Lipinski definition) is 1. The summed E-state index contributed by atoms with van der Waals surface area (Å²) >= 11 is 0. The average molecular weight is 415 g/mol. The van der Waals surface area contributed by atoms with E-state index in [1.54, 1.807) is 42.5 Å². The van der Waals surface area contributed by atoms with Crippen molar-refractivity contribution in [2.24, 2.45) is 0 Å². The van der Waals surface area contributed by atoms with Crippen molar-refractivity contribution in [3.05, 3.63) is 94.5 Å². The van der Waals surface area contributed by atoms with Gasteiger partial charge >= 0.3 is 5.97 Å². The van der Waals surface area contributed by atoms with E-state index in [4.69, 9.17) is 9.47 Å². The highest BCUT2D eigenvalue weighted by Gasteiger charge is 2.29. The van der Waals surface area contributed by atoms with Crippen LogP contribution in [-0.4, -0.2) is 37.2 Å². The topological polar surface area (TPSA) is 98.8 Å². The summed E-state index contributed by atoms with van der Waals surface area (Å²) in [5.74, 6) is -1.47. The Balaban J connectivity index is 1.46. The Bertz CT molecular complexity index is 1230. The fourth-order valence-corrected chi connectivity index (χ4v) is 3.40. The number of hydrogen-bond acceptors (Lipinski definition) is 6. The molecule has 4 rings (SSSR count). The zero-order chi connectivity index (χ0) is 22.0. The number of rotatable bonds is 5. The fourth-order valence-electron chi connectivity index (χ4n) is 3.40. The zero-order valence-electron chi connectivity index (χ0n) is 16.5. The van der Waals surface area contributed by atoms with Crippen molar-refractivity contribution < 1.29 is 28.7 Å². The molecule has 7 nitrogen and oxygen atoms in total. The lowest BCUT2D eigenvalue weighted by molar-refractivity contribution is -0.119. The minimum Gasteiger partial charge on any atom is -0.496 e. The van der Waals surface area contributed by atoms with E-state index in [0.29, 0.717) is 22.6 Å². The highest BCUT2D eigenvalue weighted by molar-refractivity contribution is 6.28. The van der Waals surface area contributed by atoms with Crippen molar-refractivity contribution in [1.82, 2.24) is 0 Å². The van der Waals surface area contributed by atoms with E-state index in [1.807, 2.05) is 0 Å². The van der Waals surface area contributed by atoms with Crippen molar-refractivity contribution >= 4 is 29.1 Å². The molecule has 0 heterocycles. The van der Waals surface area contributed by atoms with Crippen LogP contribution in [0.2, 0.25) is 0 Å². The summed E-state index contributed by atoms with van der Waals surface area (Å²) in [7, 11) is 1.43. The molecule has 3 aromatic rings. The van der Waals surface area contributed by atoms with E-state index in [9.17, 15) is 19.2 Å². The molecule has 0 aromatic heterocycles. The lowest BCUT2D eigenvalue weighted by Crippen LogP contribution is -2.23. The smallest absolute Gasteiger partial charge is 0.342 e. The van der Waals surface area contributed by atoms with Crippen LogP contribution >= 0.6 is 0 Å². The summed E-state index contributed by atoms with van der Waals surface area (Å²) in [5, 5.41) is 2.58. The molecule has 0 radical (unpaired) electrons. The summed E-state index contributed by atoms with van der Waals surface area (Å²) in [6.07, 6.45) is 0.